The van der Waals surface area contributed by atoms with Crippen LogP contribution < -0.4 is 0 Å². The third-order valence-electron chi connectivity index (χ3n) is 3.25. The normalized spacial score (nSPS) is 12.9. The second-order valence-corrected chi connectivity index (χ2v) is 5.73. The van der Waals surface area contributed by atoms with Crippen molar-refractivity contribution in [2.45, 2.75) is 26.3 Å². The van der Waals surface area contributed by atoms with Crippen LogP contribution in [0.2, 0.25) is 0 Å². The van der Waals surface area contributed by atoms with E-state index in [-0.39, 0.29) is 6.04 Å². The van der Waals surface area contributed by atoms with E-state index < -0.39 is 0 Å². The van der Waals surface area contributed by atoms with E-state index in [4.69, 9.17) is 12.2 Å². The minimum Gasteiger partial charge on any atom is -0.329 e. The number of imidazole rings is 1. The smallest absolute Gasteiger partial charge is 0.179 e. The largest absolute Gasteiger partial charge is 0.329 e. The third kappa shape index (κ3) is 2.01. The molecule has 0 bridgehead atoms. The zero-order valence-electron chi connectivity index (χ0n) is 10.8. The Kier molecular flexibility index (Phi) is 3.20. The molecule has 3 aromatic rings. The summed E-state index contributed by atoms with van der Waals surface area (Å²) in [6.07, 6.45) is 4.59. The van der Waals surface area contributed by atoms with E-state index in [1.165, 1.54) is 0 Å². The van der Waals surface area contributed by atoms with Gasteiger partial charge in [-0.3, -0.25) is 4.57 Å². The van der Waals surface area contributed by atoms with Gasteiger partial charge in [-0.2, -0.15) is 0 Å². The Morgan fingerprint density at radius 2 is 2.26 bits per heavy atom. The molecule has 1 atom stereocenters. The molecule has 0 spiro atoms. The summed E-state index contributed by atoms with van der Waals surface area (Å²) in [7, 11) is 0. The number of aromatic nitrogens is 4. The first kappa shape index (κ1) is 12.5. The van der Waals surface area contributed by atoms with Gasteiger partial charge in [-0.15, -0.1) is 11.3 Å². The summed E-state index contributed by atoms with van der Waals surface area (Å²) in [5.41, 5.74) is 3.08. The van der Waals surface area contributed by atoms with E-state index in [2.05, 4.69) is 33.4 Å². The standard InChI is InChI=1S/C13H14N4S2/c1-3-9(12-15-6-7-19-12)17-11-10(16-13(17)18)8(2)4-5-14-11/h4-7,9H,3H2,1-2H3,(H,16,18). The molecule has 0 radical (unpaired) electrons. The summed E-state index contributed by atoms with van der Waals surface area (Å²) < 4.78 is 2.79. The summed E-state index contributed by atoms with van der Waals surface area (Å²) in [5.74, 6) is 0. The molecule has 3 aromatic heterocycles. The van der Waals surface area contributed by atoms with Crippen LogP contribution in [0.1, 0.15) is 30.0 Å². The van der Waals surface area contributed by atoms with Crippen LogP contribution in [-0.2, 0) is 0 Å². The topological polar surface area (TPSA) is 46.5 Å². The van der Waals surface area contributed by atoms with E-state index >= 15 is 0 Å². The summed E-state index contributed by atoms with van der Waals surface area (Å²) in [4.78, 5) is 12.2. The second kappa shape index (κ2) is 4.86. The van der Waals surface area contributed by atoms with Gasteiger partial charge < -0.3 is 4.98 Å². The van der Waals surface area contributed by atoms with Gasteiger partial charge in [0, 0.05) is 17.8 Å². The van der Waals surface area contributed by atoms with E-state index in [0.29, 0.717) is 4.77 Å². The molecule has 19 heavy (non-hydrogen) atoms. The summed E-state index contributed by atoms with van der Waals surface area (Å²) in [6.45, 7) is 4.20. The summed E-state index contributed by atoms with van der Waals surface area (Å²) in [5, 5.41) is 3.07. The first-order valence-electron chi connectivity index (χ1n) is 6.17. The lowest BCUT2D eigenvalue weighted by molar-refractivity contribution is 0.568. The van der Waals surface area contributed by atoms with Crippen LogP contribution in [0.3, 0.4) is 0 Å². The highest BCUT2D eigenvalue weighted by molar-refractivity contribution is 7.71. The van der Waals surface area contributed by atoms with Crippen molar-refractivity contribution in [2.75, 3.05) is 0 Å². The summed E-state index contributed by atoms with van der Waals surface area (Å²) in [6, 6.07) is 2.14. The number of fused-ring (bicyclic) bond motifs is 1. The first-order chi connectivity index (χ1) is 9.22. The van der Waals surface area contributed by atoms with Crippen molar-refractivity contribution in [3.05, 3.63) is 39.2 Å². The molecule has 0 fully saturated rings. The number of nitrogens with one attached hydrogen (secondary N) is 1. The quantitative estimate of drug-likeness (QED) is 0.745. The number of thiazole rings is 1. The second-order valence-electron chi connectivity index (χ2n) is 4.42. The minimum absolute atomic E-state index is 0.149. The van der Waals surface area contributed by atoms with Crippen molar-refractivity contribution < 1.29 is 0 Å². The van der Waals surface area contributed by atoms with Gasteiger partial charge in [-0.25, -0.2) is 9.97 Å². The Hall–Kier alpha value is -1.53. The fraction of sp³-hybridized carbons (Fsp3) is 0.308. The highest BCUT2D eigenvalue weighted by atomic mass is 32.1. The van der Waals surface area contributed by atoms with Crippen LogP contribution in [0.25, 0.3) is 11.2 Å². The van der Waals surface area contributed by atoms with Crippen molar-refractivity contribution in [2.24, 2.45) is 0 Å². The maximum Gasteiger partial charge on any atom is 0.179 e. The van der Waals surface area contributed by atoms with E-state index in [0.717, 1.165) is 28.2 Å². The molecular weight excluding hydrogens is 276 g/mol. The van der Waals surface area contributed by atoms with Crippen molar-refractivity contribution in [3.8, 4) is 0 Å². The van der Waals surface area contributed by atoms with Gasteiger partial charge >= 0.3 is 0 Å². The molecule has 0 amide bonds. The first-order valence-corrected chi connectivity index (χ1v) is 7.46. The lowest BCUT2D eigenvalue weighted by atomic mass is 10.2. The molecule has 0 saturated carbocycles. The number of rotatable bonds is 3. The molecule has 0 saturated heterocycles. The maximum absolute atomic E-state index is 5.47. The number of hydrogen-bond acceptors (Lipinski definition) is 4. The van der Waals surface area contributed by atoms with E-state index in [1.807, 2.05) is 23.8 Å². The maximum atomic E-state index is 5.47. The Morgan fingerprint density at radius 3 is 2.95 bits per heavy atom. The molecule has 0 aliphatic carbocycles. The van der Waals surface area contributed by atoms with E-state index in [9.17, 15) is 0 Å². The fourth-order valence-corrected chi connectivity index (χ4v) is 3.43. The molecule has 4 nitrogen and oxygen atoms in total. The number of H-pyrrole nitrogens is 1. The SMILES string of the molecule is CCC(c1nccs1)n1c(=S)[nH]c2c(C)ccnc21. The predicted octanol–water partition coefficient (Wildman–Crippen LogP) is 3.86. The predicted molar refractivity (Wildman–Crippen MR) is 80.2 cm³/mol. The Labute approximate surface area is 120 Å². The lowest BCUT2D eigenvalue weighted by Crippen LogP contribution is -2.10. The van der Waals surface area contributed by atoms with Gasteiger partial charge in [0.25, 0.3) is 0 Å². The van der Waals surface area contributed by atoms with Crippen molar-refractivity contribution in [3.63, 3.8) is 0 Å². The molecule has 0 aliphatic heterocycles. The number of nitrogens with zero attached hydrogens (tertiary/aromatic N) is 3. The fourth-order valence-electron chi connectivity index (χ4n) is 2.30. The van der Waals surface area contributed by atoms with Crippen LogP contribution >= 0.6 is 23.6 Å². The molecule has 1 unspecified atom stereocenters. The Bertz CT molecular complexity index is 755. The number of aromatic amines is 1. The van der Waals surface area contributed by atoms with Gasteiger partial charge in [-0.05, 0) is 37.2 Å². The van der Waals surface area contributed by atoms with E-state index in [1.54, 1.807) is 11.3 Å². The Morgan fingerprint density at radius 1 is 1.42 bits per heavy atom. The van der Waals surface area contributed by atoms with Gasteiger partial charge in [-0.1, -0.05) is 6.92 Å². The highest BCUT2D eigenvalue weighted by Crippen LogP contribution is 2.28. The molecule has 3 heterocycles. The molecule has 6 heteroatoms. The zero-order valence-corrected chi connectivity index (χ0v) is 12.4. The van der Waals surface area contributed by atoms with Crippen LogP contribution in [0.4, 0.5) is 0 Å². The Balaban J connectivity index is 2.27. The molecule has 98 valence electrons. The van der Waals surface area contributed by atoms with Gasteiger partial charge in [0.15, 0.2) is 10.4 Å². The lowest BCUT2D eigenvalue weighted by Gasteiger charge is -2.14. The van der Waals surface area contributed by atoms with Crippen LogP contribution in [0, 0.1) is 11.7 Å². The minimum atomic E-state index is 0.149. The van der Waals surface area contributed by atoms with Crippen molar-refractivity contribution >= 4 is 34.7 Å². The summed E-state index contributed by atoms with van der Waals surface area (Å²) >= 11 is 7.13. The molecule has 0 aliphatic rings. The number of pyridine rings is 1. The van der Waals surface area contributed by atoms with Crippen LogP contribution in [-0.4, -0.2) is 19.5 Å². The van der Waals surface area contributed by atoms with Gasteiger partial charge in [0.05, 0.1) is 11.6 Å². The highest BCUT2D eigenvalue weighted by Gasteiger charge is 2.19. The number of aryl methyl sites for hydroxylation is 1. The monoisotopic (exact) mass is 290 g/mol. The molecule has 3 rings (SSSR count). The average molecular weight is 290 g/mol. The molecule has 1 N–H and O–H groups in total. The van der Waals surface area contributed by atoms with Crippen molar-refractivity contribution in [1.29, 1.82) is 0 Å². The number of hydrogen-bond donors (Lipinski definition) is 1. The van der Waals surface area contributed by atoms with Crippen LogP contribution in [0.5, 0.6) is 0 Å². The third-order valence-corrected chi connectivity index (χ3v) is 4.43. The molecule has 0 aromatic carbocycles. The van der Waals surface area contributed by atoms with Crippen LogP contribution in [0.15, 0.2) is 23.8 Å². The van der Waals surface area contributed by atoms with Gasteiger partial charge in [0.2, 0.25) is 0 Å². The average Bonchev–Trinajstić information content (AvgIpc) is 3.01. The van der Waals surface area contributed by atoms with Gasteiger partial charge in [0.1, 0.15) is 5.01 Å². The van der Waals surface area contributed by atoms with Crippen molar-refractivity contribution in [1.82, 2.24) is 19.5 Å². The molecular formula is C13H14N4S2. The zero-order chi connectivity index (χ0) is 13.4.